The van der Waals surface area contributed by atoms with Crippen molar-refractivity contribution in [3.05, 3.63) is 35.6 Å². The van der Waals surface area contributed by atoms with Gasteiger partial charge in [-0.05, 0) is 30.5 Å². The lowest BCUT2D eigenvalue weighted by atomic mass is 9.64. The summed E-state index contributed by atoms with van der Waals surface area (Å²) in [5, 5.41) is 2.69. The molecule has 80 valence electrons. The topological polar surface area (TPSA) is 29.1 Å². The molecule has 2 nitrogen and oxygen atoms in total. The Kier molecular flexibility index (Phi) is 2.47. The first kappa shape index (κ1) is 10.1. The lowest BCUT2D eigenvalue weighted by Crippen LogP contribution is -2.48. The van der Waals surface area contributed by atoms with Crippen LogP contribution in [0.3, 0.4) is 0 Å². The van der Waals surface area contributed by atoms with Gasteiger partial charge in [0.25, 0.3) is 0 Å². The number of hydrogen-bond donors (Lipinski definition) is 1. The van der Waals surface area contributed by atoms with E-state index < -0.39 is 5.41 Å². The Morgan fingerprint density at radius 2 is 1.93 bits per heavy atom. The Morgan fingerprint density at radius 3 is 2.33 bits per heavy atom. The quantitative estimate of drug-likeness (QED) is 0.789. The van der Waals surface area contributed by atoms with Gasteiger partial charge in [-0.15, -0.1) is 0 Å². The Hall–Kier alpha value is -1.38. The minimum absolute atomic E-state index is 0.0420. The van der Waals surface area contributed by atoms with Gasteiger partial charge in [0, 0.05) is 7.05 Å². The highest BCUT2D eigenvalue weighted by atomic mass is 19.1. The molecule has 1 amide bonds. The van der Waals surface area contributed by atoms with Gasteiger partial charge < -0.3 is 5.32 Å². The van der Waals surface area contributed by atoms with Gasteiger partial charge in [-0.25, -0.2) is 4.39 Å². The normalized spacial score (nSPS) is 18.0. The molecule has 0 unspecified atom stereocenters. The number of halogens is 1. The maximum Gasteiger partial charge on any atom is 0.230 e. The molecule has 1 aromatic rings. The van der Waals surface area contributed by atoms with Crippen LogP contribution in [0.4, 0.5) is 4.39 Å². The lowest BCUT2D eigenvalue weighted by Gasteiger charge is -2.40. The number of benzene rings is 1. The fourth-order valence-electron chi connectivity index (χ4n) is 2.19. The molecule has 1 N–H and O–H groups in total. The van der Waals surface area contributed by atoms with Gasteiger partial charge in [-0.2, -0.15) is 0 Å². The van der Waals surface area contributed by atoms with Crippen LogP contribution < -0.4 is 5.32 Å². The fourth-order valence-corrected chi connectivity index (χ4v) is 2.19. The summed E-state index contributed by atoms with van der Waals surface area (Å²) in [6.45, 7) is 0. The summed E-state index contributed by atoms with van der Waals surface area (Å²) >= 11 is 0. The van der Waals surface area contributed by atoms with E-state index in [1.54, 1.807) is 19.2 Å². The van der Waals surface area contributed by atoms with E-state index in [0.717, 1.165) is 24.8 Å². The van der Waals surface area contributed by atoms with E-state index in [1.165, 1.54) is 12.1 Å². The second-order valence-electron chi connectivity index (χ2n) is 4.02. The maximum absolute atomic E-state index is 12.8. The molecule has 0 saturated heterocycles. The highest BCUT2D eigenvalue weighted by Gasteiger charge is 2.44. The second-order valence-corrected chi connectivity index (χ2v) is 4.02. The number of rotatable bonds is 2. The van der Waals surface area contributed by atoms with E-state index in [1.807, 2.05) is 0 Å². The third-order valence-electron chi connectivity index (χ3n) is 3.27. The maximum atomic E-state index is 12.8. The number of carbonyl (C=O) groups excluding carboxylic acids is 1. The Bertz CT molecular complexity index is 368. The van der Waals surface area contributed by atoms with Crippen LogP contribution >= 0.6 is 0 Å². The van der Waals surface area contributed by atoms with Crippen LogP contribution in [0.5, 0.6) is 0 Å². The Balaban J connectivity index is 2.34. The standard InChI is InChI=1S/C12H14FNO/c1-14-11(15)12(7-2-8-12)9-3-5-10(13)6-4-9/h3-6H,2,7-8H2,1H3,(H,14,15). The zero-order valence-corrected chi connectivity index (χ0v) is 8.72. The molecule has 0 heterocycles. The summed E-state index contributed by atoms with van der Waals surface area (Å²) in [5.74, 6) is -0.217. The number of nitrogens with one attached hydrogen (secondary N) is 1. The minimum atomic E-state index is -0.400. The van der Waals surface area contributed by atoms with Crippen LogP contribution in [-0.2, 0) is 10.2 Å². The highest BCUT2D eigenvalue weighted by Crippen LogP contribution is 2.43. The molecule has 0 radical (unpaired) electrons. The van der Waals surface area contributed by atoms with Gasteiger partial charge in [-0.3, -0.25) is 4.79 Å². The van der Waals surface area contributed by atoms with Gasteiger partial charge in [0.1, 0.15) is 5.82 Å². The third kappa shape index (κ3) is 1.52. The molecule has 3 heteroatoms. The van der Waals surface area contributed by atoms with Gasteiger partial charge in [0.2, 0.25) is 5.91 Å². The van der Waals surface area contributed by atoms with Crippen LogP contribution in [-0.4, -0.2) is 13.0 Å². The monoisotopic (exact) mass is 207 g/mol. The first-order valence-corrected chi connectivity index (χ1v) is 5.17. The van der Waals surface area contributed by atoms with E-state index in [2.05, 4.69) is 5.32 Å². The van der Waals surface area contributed by atoms with Crippen molar-refractivity contribution >= 4 is 5.91 Å². The summed E-state index contributed by atoms with van der Waals surface area (Å²) in [4.78, 5) is 11.8. The van der Waals surface area contributed by atoms with E-state index in [0.29, 0.717) is 0 Å². The number of likely N-dealkylation sites (N-methyl/N-ethyl adjacent to an activating group) is 1. The summed E-state index contributed by atoms with van der Waals surface area (Å²) in [6, 6.07) is 6.25. The van der Waals surface area contributed by atoms with Crippen LogP contribution in [0, 0.1) is 5.82 Å². The molecule has 1 fully saturated rings. The third-order valence-corrected chi connectivity index (χ3v) is 3.27. The summed E-state index contributed by atoms with van der Waals surface area (Å²) in [5.41, 5.74) is 0.525. The summed E-state index contributed by atoms with van der Waals surface area (Å²) in [6.07, 6.45) is 2.78. The van der Waals surface area contributed by atoms with Crippen molar-refractivity contribution in [2.75, 3.05) is 7.05 Å². The summed E-state index contributed by atoms with van der Waals surface area (Å²) in [7, 11) is 1.64. The lowest BCUT2D eigenvalue weighted by molar-refractivity contribution is -0.129. The molecule has 0 aromatic heterocycles. The zero-order valence-electron chi connectivity index (χ0n) is 8.72. The smallest absolute Gasteiger partial charge is 0.230 e. The predicted molar refractivity (Wildman–Crippen MR) is 56.0 cm³/mol. The van der Waals surface area contributed by atoms with Gasteiger partial charge in [0.05, 0.1) is 5.41 Å². The number of amides is 1. The molecule has 0 spiro atoms. The van der Waals surface area contributed by atoms with Crippen molar-refractivity contribution in [3.8, 4) is 0 Å². The van der Waals surface area contributed by atoms with E-state index in [4.69, 9.17) is 0 Å². The molecule has 0 aliphatic heterocycles. The van der Waals surface area contributed by atoms with E-state index in [-0.39, 0.29) is 11.7 Å². The summed E-state index contributed by atoms with van der Waals surface area (Å²) < 4.78 is 12.8. The molecular formula is C12H14FNO. The average molecular weight is 207 g/mol. The van der Waals surface area contributed by atoms with Crippen molar-refractivity contribution < 1.29 is 9.18 Å². The van der Waals surface area contributed by atoms with Crippen molar-refractivity contribution in [1.82, 2.24) is 5.32 Å². The van der Waals surface area contributed by atoms with Crippen LogP contribution in [0.25, 0.3) is 0 Å². The zero-order chi connectivity index (χ0) is 10.9. The molecule has 1 aromatic carbocycles. The van der Waals surface area contributed by atoms with Crippen molar-refractivity contribution in [1.29, 1.82) is 0 Å². The van der Waals surface area contributed by atoms with Crippen molar-refractivity contribution in [2.24, 2.45) is 0 Å². The van der Waals surface area contributed by atoms with Crippen LogP contribution in [0.1, 0.15) is 24.8 Å². The predicted octanol–water partition coefficient (Wildman–Crippen LogP) is 1.99. The molecule has 0 bridgehead atoms. The largest absolute Gasteiger partial charge is 0.358 e. The molecule has 15 heavy (non-hydrogen) atoms. The highest BCUT2D eigenvalue weighted by molar-refractivity contribution is 5.89. The number of hydrogen-bond acceptors (Lipinski definition) is 1. The van der Waals surface area contributed by atoms with Crippen molar-refractivity contribution in [2.45, 2.75) is 24.7 Å². The first-order valence-electron chi connectivity index (χ1n) is 5.17. The number of carbonyl (C=O) groups is 1. The average Bonchev–Trinajstić information content (AvgIpc) is 2.19. The van der Waals surface area contributed by atoms with Crippen LogP contribution in [0.2, 0.25) is 0 Å². The Labute approximate surface area is 88.5 Å². The van der Waals surface area contributed by atoms with E-state index >= 15 is 0 Å². The molecule has 2 rings (SSSR count). The minimum Gasteiger partial charge on any atom is -0.358 e. The molecule has 1 aliphatic rings. The fraction of sp³-hybridized carbons (Fsp3) is 0.417. The molecule has 1 aliphatic carbocycles. The SMILES string of the molecule is CNC(=O)C1(c2ccc(F)cc2)CCC1. The molecule has 0 atom stereocenters. The molecule has 1 saturated carbocycles. The second kappa shape index (κ2) is 3.65. The van der Waals surface area contributed by atoms with Gasteiger partial charge in [0.15, 0.2) is 0 Å². The van der Waals surface area contributed by atoms with Gasteiger partial charge in [-0.1, -0.05) is 18.6 Å². The Morgan fingerprint density at radius 1 is 1.33 bits per heavy atom. The van der Waals surface area contributed by atoms with E-state index in [9.17, 15) is 9.18 Å². The van der Waals surface area contributed by atoms with Crippen molar-refractivity contribution in [3.63, 3.8) is 0 Å². The van der Waals surface area contributed by atoms with Gasteiger partial charge >= 0.3 is 0 Å². The van der Waals surface area contributed by atoms with Crippen LogP contribution in [0.15, 0.2) is 24.3 Å². The first-order chi connectivity index (χ1) is 7.19. The molecular weight excluding hydrogens is 193 g/mol.